The first-order valence-corrected chi connectivity index (χ1v) is 6.63. The van der Waals surface area contributed by atoms with E-state index in [0.717, 1.165) is 22.4 Å². The van der Waals surface area contributed by atoms with Crippen LogP contribution in [0.25, 0.3) is 0 Å². The molecule has 0 aliphatic carbocycles. The van der Waals surface area contributed by atoms with Gasteiger partial charge in [0.05, 0.1) is 0 Å². The van der Waals surface area contributed by atoms with Gasteiger partial charge >= 0.3 is 5.97 Å². The highest BCUT2D eigenvalue weighted by Crippen LogP contribution is 2.21. The molecule has 0 aliphatic heterocycles. The van der Waals surface area contributed by atoms with E-state index in [9.17, 15) is 4.79 Å². The molecule has 0 aromatic heterocycles. The molecule has 0 atom stereocenters. The van der Waals surface area contributed by atoms with E-state index in [2.05, 4.69) is 0 Å². The summed E-state index contributed by atoms with van der Waals surface area (Å²) in [7, 11) is 0. The quantitative estimate of drug-likeness (QED) is 0.872. The number of hydrogen-bond acceptors (Lipinski definition) is 2. The first-order chi connectivity index (χ1) is 9.65. The van der Waals surface area contributed by atoms with Crippen LogP contribution in [0, 0.1) is 6.92 Å². The Hall–Kier alpha value is -2.29. The minimum absolute atomic E-state index is 0.140. The maximum Gasteiger partial charge on any atom is 0.303 e. The molecule has 2 aromatic rings. The molecule has 2 aromatic carbocycles. The molecule has 2 rings (SSSR count). The zero-order valence-corrected chi connectivity index (χ0v) is 11.5. The smallest absolute Gasteiger partial charge is 0.303 e. The van der Waals surface area contributed by atoms with Gasteiger partial charge in [0.25, 0.3) is 0 Å². The SMILES string of the molecule is Cc1ccc(CCC(=O)O)cc1OCc1ccccc1. The third-order valence-electron chi connectivity index (χ3n) is 3.12. The highest BCUT2D eigenvalue weighted by atomic mass is 16.5. The second kappa shape index (κ2) is 6.75. The maximum absolute atomic E-state index is 10.6. The number of aryl methyl sites for hydroxylation is 2. The van der Waals surface area contributed by atoms with Crippen LogP contribution in [-0.2, 0) is 17.8 Å². The van der Waals surface area contributed by atoms with Crippen molar-refractivity contribution in [1.82, 2.24) is 0 Å². The van der Waals surface area contributed by atoms with Crippen LogP contribution in [0.15, 0.2) is 48.5 Å². The Morgan fingerprint density at radius 2 is 1.85 bits per heavy atom. The number of ether oxygens (including phenoxy) is 1. The van der Waals surface area contributed by atoms with E-state index in [4.69, 9.17) is 9.84 Å². The minimum Gasteiger partial charge on any atom is -0.489 e. The molecule has 0 radical (unpaired) electrons. The predicted molar refractivity (Wildman–Crippen MR) is 77.9 cm³/mol. The van der Waals surface area contributed by atoms with Gasteiger partial charge in [0.1, 0.15) is 12.4 Å². The lowest BCUT2D eigenvalue weighted by Crippen LogP contribution is -2.00. The molecule has 0 fully saturated rings. The second-order valence-electron chi connectivity index (χ2n) is 4.77. The Balaban J connectivity index is 2.03. The summed E-state index contributed by atoms with van der Waals surface area (Å²) < 4.78 is 5.82. The van der Waals surface area contributed by atoms with Crippen LogP contribution in [-0.4, -0.2) is 11.1 Å². The fraction of sp³-hybridized carbons (Fsp3) is 0.235. The van der Waals surface area contributed by atoms with Crippen molar-refractivity contribution >= 4 is 5.97 Å². The van der Waals surface area contributed by atoms with E-state index in [0.29, 0.717) is 13.0 Å². The number of carbonyl (C=O) groups is 1. The molecule has 0 aliphatic rings. The minimum atomic E-state index is -0.780. The average molecular weight is 270 g/mol. The standard InChI is InChI=1S/C17H18O3/c1-13-7-8-14(9-10-17(18)19)11-16(13)20-12-15-5-3-2-4-6-15/h2-8,11H,9-10,12H2,1H3,(H,18,19). The van der Waals surface area contributed by atoms with Gasteiger partial charge in [-0.25, -0.2) is 0 Å². The van der Waals surface area contributed by atoms with Gasteiger partial charge in [-0.3, -0.25) is 4.79 Å². The zero-order valence-electron chi connectivity index (χ0n) is 11.5. The number of rotatable bonds is 6. The van der Waals surface area contributed by atoms with Crippen molar-refractivity contribution < 1.29 is 14.6 Å². The summed E-state index contributed by atoms with van der Waals surface area (Å²) in [5.41, 5.74) is 3.16. The Morgan fingerprint density at radius 3 is 2.55 bits per heavy atom. The van der Waals surface area contributed by atoms with Crippen LogP contribution in [0.2, 0.25) is 0 Å². The van der Waals surface area contributed by atoms with Gasteiger partial charge in [0, 0.05) is 6.42 Å². The molecule has 3 nitrogen and oxygen atoms in total. The molecule has 104 valence electrons. The van der Waals surface area contributed by atoms with Crippen molar-refractivity contribution in [2.45, 2.75) is 26.4 Å². The molecule has 0 saturated heterocycles. The van der Waals surface area contributed by atoms with Gasteiger partial charge in [0.2, 0.25) is 0 Å². The van der Waals surface area contributed by atoms with Crippen molar-refractivity contribution in [1.29, 1.82) is 0 Å². The predicted octanol–water partition coefficient (Wildman–Crippen LogP) is 3.59. The number of aliphatic carboxylic acids is 1. The summed E-state index contributed by atoms with van der Waals surface area (Å²) in [5, 5.41) is 8.72. The summed E-state index contributed by atoms with van der Waals surface area (Å²) in [6.45, 7) is 2.51. The van der Waals surface area contributed by atoms with Crippen molar-refractivity contribution in [2.75, 3.05) is 0 Å². The first-order valence-electron chi connectivity index (χ1n) is 6.63. The molecule has 0 spiro atoms. The van der Waals surface area contributed by atoms with E-state index in [1.807, 2.05) is 55.5 Å². The molecule has 0 amide bonds. The highest BCUT2D eigenvalue weighted by Gasteiger charge is 2.04. The fourth-order valence-electron chi connectivity index (χ4n) is 1.94. The van der Waals surface area contributed by atoms with Crippen LogP contribution >= 0.6 is 0 Å². The molecule has 0 unspecified atom stereocenters. The van der Waals surface area contributed by atoms with E-state index in [-0.39, 0.29) is 6.42 Å². The maximum atomic E-state index is 10.6. The van der Waals surface area contributed by atoms with Gasteiger partial charge < -0.3 is 9.84 Å². The van der Waals surface area contributed by atoms with E-state index >= 15 is 0 Å². The van der Waals surface area contributed by atoms with Crippen molar-refractivity contribution in [3.05, 3.63) is 65.2 Å². The van der Waals surface area contributed by atoms with E-state index < -0.39 is 5.97 Å². The fourth-order valence-corrected chi connectivity index (χ4v) is 1.94. The Labute approximate surface area is 118 Å². The Bertz CT molecular complexity index is 576. The summed E-state index contributed by atoms with van der Waals surface area (Å²) in [6.07, 6.45) is 0.665. The normalized spacial score (nSPS) is 10.2. The zero-order chi connectivity index (χ0) is 14.4. The number of hydrogen-bond donors (Lipinski definition) is 1. The third kappa shape index (κ3) is 4.12. The third-order valence-corrected chi connectivity index (χ3v) is 3.12. The number of carboxylic acids is 1. The van der Waals surface area contributed by atoms with Gasteiger partial charge in [-0.2, -0.15) is 0 Å². The van der Waals surface area contributed by atoms with Gasteiger partial charge in [-0.15, -0.1) is 0 Å². The first kappa shape index (κ1) is 14.1. The Morgan fingerprint density at radius 1 is 1.10 bits per heavy atom. The van der Waals surface area contributed by atoms with Crippen LogP contribution in [0.5, 0.6) is 5.75 Å². The molecule has 0 saturated carbocycles. The molecule has 3 heteroatoms. The summed E-state index contributed by atoms with van der Waals surface area (Å²) in [5.74, 6) is 0.0362. The Kier molecular flexibility index (Phi) is 4.77. The number of benzene rings is 2. The average Bonchev–Trinajstić information content (AvgIpc) is 2.46. The van der Waals surface area contributed by atoms with Crippen molar-refractivity contribution in [3.63, 3.8) is 0 Å². The molecule has 0 heterocycles. The molecule has 20 heavy (non-hydrogen) atoms. The summed E-state index contributed by atoms with van der Waals surface area (Å²) >= 11 is 0. The van der Waals surface area contributed by atoms with Crippen molar-refractivity contribution in [2.24, 2.45) is 0 Å². The van der Waals surface area contributed by atoms with Crippen molar-refractivity contribution in [3.8, 4) is 5.75 Å². The van der Waals surface area contributed by atoms with E-state index in [1.54, 1.807) is 0 Å². The molecular weight excluding hydrogens is 252 g/mol. The molecule has 1 N–H and O–H groups in total. The number of carboxylic acid groups (broad SMARTS) is 1. The monoisotopic (exact) mass is 270 g/mol. The van der Waals surface area contributed by atoms with Crippen LogP contribution < -0.4 is 4.74 Å². The van der Waals surface area contributed by atoms with Gasteiger partial charge in [0.15, 0.2) is 0 Å². The highest BCUT2D eigenvalue weighted by molar-refractivity contribution is 5.67. The molecular formula is C17H18O3. The second-order valence-corrected chi connectivity index (χ2v) is 4.77. The molecule has 0 bridgehead atoms. The summed E-state index contributed by atoms with van der Waals surface area (Å²) in [4.78, 5) is 10.6. The summed E-state index contributed by atoms with van der Waals surface area (Å²) in [6, 6.07) is 15.8. The lowest BCUT2D eigenvalue weighted by Gasteiger charge is -2.11. The van der Waals surface area contributed by atoms with Gasteiger partial charge in [-0.1, -0.05) is 42.5 Å². The lowest BCUT2D eigenvalue weighted by atomic mass is 10.1. The largest absolute Gasteiger partial charge is 0.489 e. The van der Waals surface area contributed by atoms with Crippen LogP contribution in [0.1, 0.15) is 23.1 Å². The van der Waals surface area contributed by atoms with Crippen LogP contribution in [0.4, 0.5) is 0 Å². The van der Waals surface area contributed by atoms with Gasteiger partial charge in [-0.05, 0) is 36.1 Å². The van der Waals surface area contributed by atoms with Crippen LogP contribution in [0.3, 0.4) is 0 Å². The lowest BCUT2D eigenvalue weighted by molar-refractivity contribution is -0.136. The van der Waals surface area contributed by atoms with E-state index in [1.165, 1.54) is 0 Å². The topological polar surface area (TPSA) is 46.5 Å².